The van der Waals surface area contributed by atoms with Gasteiger partial charge in [-0.2, -0.15) is 5.10 Å². The molecule has 0 saturated heterocycles. The summed E-state index contributed by atoms with van der Waals surface area (Å²) in [6.07, 6.45) is 3.16. The first-order valence-corrected chi connectivity index (χ1v) is 5.96. The van der Waals surface area contributed by atoms with Gasteiger partial charge in [0.15, 0.2) is 5.69 Å². The first kappa shape index (κ1) is 13.7. The van der Waals surface area contributed by atoms with Gasteiger partial charge >= 0.3 is 5.97 Å². The van der Waals surface area contributed by atoms with Gasteiger partial charge in [-0.3, -0.25) is 9.48 Å². The van der Waals surface area contributed by atoms with Crippen LogP contribution in [0.15, 0.2) is 12.4 Å². The number of carbonyl (C=O) groups is 2. The number of nitrogens with zero attached hydrogens (tertiary/aromatic N) is 5. The van der Waals surface area contributed by atoms with E-state index in [1.54, 1.807) is 10.9 Å². The van der Waals surface area contributed by atoms with Gasteiger partial charge in [-0.05, 0) is 13.8 Å². The van der Waals surface area contributed by atoms with Crippen molar-refractivity contribution in [1.29, 1.82) is 0 Å². The van der Waals surface area contributed by atoms with Crippen molar-refractivity contribution < 1.29 is 14.7 Å². The van der Waals surface area contributed by atoms with Crippen molar-refractivity contribution in [3.63, 3.8) is 0 Å². The third kappa shape index (κ3) is 2.25. The summed E-state index contributed by atoms with van der Waals surface area (Å²) in [5.74, 6) is -1.86. The molecule has 0 aliphatic carbocycles. The molecule has 2 aromatic heterocycles. The van der Waals surface area contributed by atoms with Crippen LogP contribution in [0.5, 0.6) is 0 Å². The summed E-state index contributed by atoms with van der Waals surface area (Å²) in [6, 6.07) is -0.810. The van der Waals surface area contributed by atoms with Crippen molar-refractivity contribution in [3.8, 4) is 11.3 Å². The lowest BCUT2D eigenvalue weighted by molar-refractivity contribution is -0.120. The highest BCUT2D eigenvalue weighted by molar-refractivity contribution is 5.93. The van der Waals surface area contributed by atoms with Crippen molar-refractivity contribution in [2.45, 2.75) is 26.4 Å². The number of aryl methyl sites for hydroxylation is 1. The quantitative estimate of drug-likeness (QED) is 0.786. The number of carboxylic acids is 1. The van der Waals surface area contributed by atoms with Crippen LogP contribution in [0.3, 0.4) is 0 Å². The topological polar surface area (TPSA) is 129 Å². The van der Waals surface area contributed by atoms with Crippen LogP contribution in [0.1, 0.15) is 30.4 Å². The molecule has 0 radical (unpaired) electrons. The molecule has 9 heteroatoms. The Hall–Kier alpha value is -2.71. The molecule has 0 aliphatic rings. The summed E-state index contributed by atoms with van der Waals surface area (Å²) in [6.45, 7) is 4.06. The first-order valence-electron chi connectivity index (χ1n) is 5.96. The van der Waals surface area contributed by atoms with E-state index in [-0.39, 0.29) is 11.4 Å². The van der Waals surface area contributed by atoms with Gasteiger partial charge in [-0.25, -0.2) is 9.48 Å². The zero-order valence-electron chi connectivity index (χ0n) is 11.0. The maximum absolute atomic E-state index is 11.3. The van der Waals surface area contributed by atoms with Crippen LogP contribution in [-0.2, 0) is 11.3 Å². The molecule has 3 N–H and O–H groups in total. The average molecular weight is 278 g/mol. The number of carboxylic acid groups (broad SMARTS) is 1. The fourth-order valence-electron chi connectivity index (χ4n) is 1.76. The van der Waals surface area contributed by atoms with E-state index in [0.717, 1.165) is 0 Å². The molecular formula is C11H14N6O3. The number of nitrogens with two attached hydrogens (primary N) is 1. The van der Waals surface area contributed by atoms with Crippen molar-refractivity contribution >= 4 is 11.9 Å². The summed E-state index contributed by atoms with van der Waals surface area (Å²) in [4.78, 5) is 22.5. The Morgan fingerprint density at radius 3 is 2.70 bits per heavy atom. The molecular weight excluding hydrogens is 264 g/mol. The van der Waals surface area contributed by atoms with Gasteiger partial charge in [0.2, 0.25) is 5.91 Å². The summed E-state index contributed by atoms with van der Waals surface area (Å²) >= 11 is 0. The molecule has 2 rings (SSSR count). The molecule has 0 fully saturated rings. The highest BCUT2D eigenvalue weighted by Gasteiger charge is 2.26. The molecule has 0 aromatic carbocycles. The highest BCUT2D eigenvalue weighted by Crippen LogP contribution is 2.24. The zero-order valence-corrected chi connectivity index (χ0v) is 11.0. The normalized spacial score (nSPS) is 12.3. The number of hydrogen-bond acceptors (Lipinski definition) is 5. The van der Waals surface area contributed by atoms with Gasteiger partial charge in [0.25, 0.3) is 0 Å². The number of primary amides is 1. The fourth-order valence-corrected chi connectivity index (χ4v) is 1.76. The third-order valence-electron chi connectivity index (χ3n) is 2.91. The Bertz CT molecular complexity index is 659. The second-order valence-corrected chi connectivity index (χ2v) is 4.20. The Morgan fingerprint density at radius 2 is 2.20 bits per heavy atom. The molecule has 0 bridgehead atoms. The highest BCUT2D eigenvalue weighted by atomic mass is 16.4. The molecule has 2 heterocycles. The predicted molar refractivity (Wildman–Crippen MR) is 67.8 cm³/mol. The van der Waals surface area contributed by atoms with Gasteiger partial charge in [0, 0.05) is 18.3 Å². The molecule has 2 aromatic rings. The molecule has 1 amide bonds. The number of amides is 1. The second-order valence-electron chi connectivity index (χ2n) is 4.20. The Kier molecular flexibility index (Phi) is 3.51. The minimum absolute atomic E-state index is 0.212. The predicted octanol–water partition coefficient (Wildman–Crippen LogP) is -0.0940. The lowest BCUT2D eigenvalue weighted by Crippen LogP contribution is -2.25. The van der Waals surface area contributed by atoms with Crippen LogP contribution in [0, 0.1) is 0 Å². The second kappa shape index (κ2) is 5.11. The van der Waals surface area contributed by atoms with E-state index in [9.17, 15) is 9.59 Å². The third-order valence-corrected chi connectivity index (χ3v) is 2.91. The van der Waals surface area contributed by atoms with E-state index >= 15 is 0 Å². The number of aromatic nitrogens is 5. The lowest BCUT2D eigenvalue weighted by atomic mass is 10.2. The molecule has 0 spiro atoms. The van der Waals surface area contributed by atoms with E-state index in [1.165, 1.54) is 17.8 Å². The molecule has 9 nitrogen and oxygen atoms in total. The van der Waals surface area contributed by atoms with Gasteiger partial charge < -0.3 is 10.8 Å². The molecule has 0 saturated carbocycles. The summed E-state index contributed by atoms with van der Waals surface area (Å²) in [5, 5.41) is 20.6. The largest absolute Gasteiger partial charge is 0.476 e. The fraction of sp³-hybridized carbons (Fsp3) is 0.364. The standard InChI is InChI=1S/C11H14N6O3/c1-3-16-5-7(4-13-16)9-8(11(19)20)14-15-17(9)6(2)10(12)18/h4-6H,3H2,1-2H3,(H2,12,18)(H,19,20). The van der Waals surface area contributed by atoms with E-state index in [1.807, 2.05) is 6.92 Å². The Morgan fingerprint density at radius 1 is 1.50 bits per heavy atom. The number of aromatic carboxylic acids is 1. The summed E-state index contributed by atoms with van der Waals surface area (Å²) in [7, 11) is 0. The van der Waals surface area contributed by atoms with Crippen LogP contribution >= 0.6 is 0 Å². The van der Waals surface area contributed by atoms with Gasteiger partial charge in [-0.1, -0.05) is 5.21 Å². The monoisotopic (exact) mass is 278 g/mol. The molecule has 1 atom stereocenters. The zero-order chi connectivity index (χ0) is 14.9. The van der Waals surface area contributed by atoms with Crippen LogP contribution in [0.4, 0.5) is 0 Å². The first-order chi connectivity index (χ1) is 9.45. The maximum Gasteiger partial charge on any atom is 0.358 e. The number of hydrogen-bond donors (Lipinski definition) is 2. The average Bonchev–Trinajstić information content (AvgIpc) is 3.03. The number of carbonyl (C=O) groups excluding carboxylic acids is 1. The van der Waals surface area contributed by atoms with Crippen molar-refractivity contribution in [3.05, 3.63) is 18.1 Å². The van der Waals surface area contributed by atoms with Gasteiger partial charge in [0.05, 0.1) is 6.20 Å². The lowest BCUT2D eigenvalue weighted by Gasteiger charge is -2.10. The van der Waals surface area contributed by atoms with Crippen LogP contribution < -0.4 is 5.73 Å². The summed E-state index contributed by atoms with van der Waals surface area (Å²) in [5.41, 5.74) is 5.72. The van der Waals surface area contributed by atoms with Gasteiger partial charge in [-0.15, -0.1) is 5.10 Å². The molecule has 20 heavy (non-hydrogen) atoms. The van der Waals surface area contributed by atoms with Crippen molar-refractivity contribution in [2.24, 2.45) is 5.73 Å². The SMILES string of the molecule is CCn1cc(-c2c(C(=O)O)nnn2C(C)C(N)=O)cn1. The van der Waals surface area contributed by atoms with Gasteiger partial charge in [0.1, 0.15) is 11.7 Å². The van der Waals surface area contributed by atoms with Crippen molar-refractivity contribution in [1.82, 2.24) is 24.8 Å². The van der Waals surface area contributed by atoms with Crippen LogP contribution in [0.25, 0.3) is 11.3 Å². The van der Waals surface area contributed by atoms with E-state index < -0.39 is 17.9 Å². The maximum atomic E-state index is 11.3. The van der Waals surface area contributed by atoms with E-state index in [0.29, 0.717) is 12.1 Å². The van der Waals surface area contributed by atoms with Crippen molar-refractivity contribution in [2.75, 3.05) is 0 Å². The van der Waals surface area contributed by atoms with Crippen LogP contribution in [-0.4, -0.2) is 41.8 Å². The minimum atomic E-state index is -1.23. The molecule has 106 valence electrons. The Labute approximate surface area is 114 Å². The van der Waals surface area contributed by atoms with Crippen LogP contribution in [0.2, 0.25) is 0 Å². The van der Waals surface area contributed by atoms with E-state index in [2.05, 4.69) is 15.4 Å². The smallest absolute Gasteiger partial charge is 0.358 e. The summed E-state index contributed by atoms with van der Waals surface area (Å²) < 4.78 is 2.83. The van der Waals surface area contributed by atoms with E-state index in [4.69, 9.17) is 10.8 Å². The number of rotatable bonds is 5. The molecule has 1 unspecified atom stereocenters. The minimum Gasteiger partial charge on any atom is -0.476 e. The molecule has 0 aliphatic heterocycles. The Balaban J connectivity index is 2.60.